The van der Waals surface area contributed by atoms with Crippen LogP contribution in [0.4, 0.5) is 0 Å². The Morgan fingerprint density at radius 2 is 2.05 bits per heavy atom. The number of hydrogen-bond donors (Lipinski definition) is 1. The van der Waals surface area contributed by atoms with Gasteiger partial charge in [-0.3, -0.25) is 9.80 Å². The number of benzene rings is 1. The van der Waals surface area contributed by atoms with Crippen LogP contribution in [0.15, 0.2) is 18.2 Å². The fraction of sp³-hybridized carbons (Fsp3) is 0.600. The molecule has 2 rings (SSSR count). The summed E-state index contributed by atoms with van der Waals surface area (Å²) in [5.74, 6) is 0.966. The van der Waals surface area contributed by atoms with Gasteiger partial charge in [-0.1, -0.05) is 12.1 Å². The van der Waals surface area contributed by atoms with Crippen molar-refractivity contribution in [2.24, 2.45) is 0 Å². The molecule has 1 aromatic carbocycles. The molecule has 0 radical (unpaired) electrons. The zero-order valence-electron chi connectivity index (χ0n) is 12.3. The molecule has 0 unspecified atom stereocenters. The van der Waals surface area contributed by atoms with Crippen molar-refractivity contribution in [1.29, 1.82) is 0 Å². The van der Waals surface area contributed by atoms with Gasteiger partial charge in [0.25, 0.3) is 0 Å². The van der Waals surface area contributed by atoms with Gasteiger partial charge in [-0.05, 0) is 31.2 Å². The largest absolute Gasteiger partial charge is 0.496 e. The van der Waals surface area contributed by atoms with E-state index in [4.69, 9.17) is 4.74 Å². The van der Waals surface area contributed by atoms with Gasteiger partial charge >= 0.3 is 0 Å². The lowest BCUT2D eigenvalue weighted by Crippen LogP contribution is -2.47. The molecule has 0 aromatic heterocycles. The smallest absolute Gasteiger partial charge is 0.121 e. The number of ether oxygens (including phenoxy) is 1. The van der Waals surface area contributed by atoms with Crippen LogP contribution in [0.25, 0.3) is 0 Å². The highest BCUT2D eigenvalue weighted by Gasteiger charge is 2.11. The SMILES string of the molecule is COc1ccc(CN(C)CN2CCNCC2)cc1C. The van der Waals surface area contributed by atoms with Crippen molar-refractivity contribution in [3.05, 3.63) is 29.3 Å². The summed E-state index contributed by atoms with van der Waals surface area (Å²) in [4.78, 5) is 4.86. The van der Waals surface area contributed by atoms with E-state index in [0.717, 1.165) is 45.1 Å². The second kappa shape index (κ2) is 6.89. The van der Waals surface area contributed by atoms with Gasteiger partial charge in [0, 0.05) is 32.7 Å². The zero-order valence-corrected chi connectivity index (χ0v) is 12.3. The van der Waals surface area contributed by atoms with Crippen LogP contribution in [0.3, 0.4) is 0 Å². The van der Waals surface area contributed by atoms with Crippen molar-refractivity contribution in [3.8, 4) is 5.75 Å². The number of hydrogen-bond acceptors (Lipinski definition) is 4. The fourth-order valence-electron chi connectivity index (χ4n) is 2.59. The minimum atomic E-state index is 0.966. The van der Waals surface area contributed by atoms with Gasteiger partial charge in [0.1, 0.15) is 5.75 Å². The first-order chi connectivity index (χ1) is 9.19. The normalized spacial score (nSPS) is 16.8. The lowest BCUT2D eigenvalue weighted by molar-refractivity contribution is 0.135. The van der Waals surface area contributed by atoms with Crippen LogP contribution >= 0.6 is 0 Å². The Balaban J connectivity index is 1.87. The molecular weight excluding hydrogens is 238 g/mol. The number of nitrogens with zero attached hydrogens (tertiary/aromatic N) is 2. The number of rotatable bonds is 5. The molecule has 1 heterocycles. The third-order valence-corrected chi connectivity index (χ3v) is 3.56. The average molecular weight is 263 g/mol. The molecule has 1 aromatic rings. The number of nitrogens with one attached hydrogen (secondary N) is 1. The summed E-state index contributed by atoms with van der Waals surface area (Å²) in [6, 6.07) is 6.43. The van der Waals surface area contributed by atoms with Gasteiger partial charge in [0.15, 0.2) is 0 Å². The molecule has 1 saturated heterocycles. The summed E-state index contributed by atoms with van der Waals surface area (Å²) in [6.45, 7) is 8.61. The quantitative estimate of drug-likeness (QED) is 0.866. The molecule has 1 aliphatic rings. The first kappa shape index (κ1) is 14.3. The third kappa shape index (κ3) is 4.20. The average Bonchev–Trinajstić information content (AvgIpc) is 2.40. The van der Waals surface area contributed by atoms with E-state index in [0.29, 0.717) is 0 Å². The molecule has 1 N–H and O–H groups in total. The summed E-state index contributed by atoms with van der Waals surface area (Å²) in [6.07, 6.45) is 0. The van der Waals surface area contributed by atoms with Gasteiger partial charge in [0.2, 0.25) is 0 Å². The molecule has 19 heavy (non-hydrogen) atoms. The van der Waals surface area contributed by atoms with Crippen LogP contribution in [0.1, 0.15) is 11.1 Å². The number of methoxy groups -OCH3 is 1. The van der Waals surface area contributed by atoms with Gasteiger partial charge in [-0.25, -0.2) is 0 Å². The highest BCUT2D eigenvalue weighted by molar-refractivity contribution is 5.36. The summed E-state index contributed by atoms with van der Waals surface area (Å²) in [5, 5.41) is 3.38. The molecule has 4 nitrogen and oxygen atoms in total. The molecule has 4 heteroatoms. The summed E-state index contributed by atoms with van der Waals surface area (Å²) in [7, 11) is 3.90. The van der Waals surface area contributed by atoms with E-state index < -0.39 is 0 Å². The summed E-state index contributed by atoms with van der Waals surface area (Å²) >= 11 is 0. The highest BCUT2D eigenvalue weighted by Crippen LogP contribution is 2.19. The zero-order chi connectivity index (χ0) is 13.7. The topological polar surface area (TPSA) is 27.7 Å². The Kier molecular flexibility index (Phi) is 5.19. The van der Waals surface area contributed by atoms with Gasteiger partial charge in [-0.15, -0.1) is 0 Å². The first-order valence-corrected chi connectivity index (χ1v) is 6.94. The van der Waals surface area contributed by atoms with E-state index in [-0.39, 0.29) is 0 Å². The molecule has 0 saturated carbocycles. The predicted molar refractivity (Wildman–Crippen MR) is 78.5 cm³/mol. The van der Waals surface area contributed by atoms with Crippen LogP contribution in [0.2, 0.25) is 0 Å². The van der Waals surface area contributed by atoms with Crippen LogP contribution in [0.5, 0.6) is 5.75 Å². The lowest BCUT2D eigenvalue weighted by Gasteiger charge is -2.31. The molecule has 1 aliphatic heterocycles. The minimum absolute atomic E-state index is 0.966. The van der Waals surface area contributed by atoms with E-state index in [1.165, 1.54) is 11.1 Å². The lowest BCUT2D eigenvalue weighted by atomic mass is 10.1. The number of aryl methyl sites for hydroxylation is 1. The molecule has 0 atom stereocenters. The van der Waals surface area contributed by atoms with E-state index in [1.54, 1.807) is 7.11 Å². The molecular formula is C15H25N3O. The van der Waals surface area contributed by atoms with Gasteiger partial charge in [0.05, 0.1) is 13.8 Å². The molecule has 0 spiro atoms. The predicted octanol–water partition coefficient (Wildman–Crippen LogP) is 1.30. The molecule has 0 bridgehead atoms. The van der Waals surface area contributed by atoms with Crippen molar-refractivity contribution < 1.29 is 4.74 Å². The molecule has 0 amide bonds. The van der Waals surface area contributed by atoms with E-state index in [1.807, 2.05) is 0 Å². The van der Waals surface area contributed by atoms with Crippen LogP contribution in [-0.4, -0.2) is 56.8 Å². The fourth-order valence-corrected chi connectivity index (χ4v) is 2.59. The van der Waals surface area contributed by atoms with E-state index >= 15 is 0 Å². The Labute approximate surface area is 116 Å². The maximum absolute atomic E-state index is 5.30. The molecule has 1 fully saturated rings. The molecule has 106 valence electrons. The highest BCUT2D eigenvalue weighted by atomic mass is 16.5. The Bertz CT molecular complexity index is 402. The summed E-state index contributed by atoms with van der Waals surface area (Å²) < 4.78 is 5.30. The maximum Gasteiger partial charge on any atom is 0.121 e. The molecule has 0 aliphatic carbocycles. The van der Waals surface area contributed by atoms with Crippen molar-refractivity contribution in [3.63, 3.8) is 0 Å². The Hall–Kier alpha value is -1.10. The van der Waals surface area contributed by atoms with Crippen LogP contribution in [0, 0.1) is 6.92 Å². The standard InChI is InChI=1S/C15H25N3O/c1-13-10-14(4-5-15(13)19-3)11-17(2)12-18-8-6-16-7-9-18/h4-5,10,16H,6-9,11-12H2,1-3H3. The summed E-state index contributed by atoms with van der Waals surface area (Å²) in [5.41, 5.74) is 2.55. The Morgan fingerprint density at radius 3 is 2.68 bits per heavy atom. The third-order valence-electron chi connectivity index (χ3n) is 3.56. The van der Waals surface area contributed by atoms with Crippen LogP contribution < -0.4 is 10.1 Å². The monoisotopic (exact) mass is 263 g/mol. The Morgan fingerprint density at radius 1 is 1.32 bits per heavy atom. The van der Waals surface area contributed by atoms with Crippen molar-refractivity contribution >= 4 is 0 Å². The van der Waals surface area contributed by atoms with E-state index in [2.05, 4.69) is 47.3 Å². The van der Waals surface area contributed by atoms with Crippen molar-refractivity contribution in [2.45, 2.75) is 13.5 Å². The van der Waals surface area contributed by atoms with Crippen molar-refractivity contribution in [1.82, 2.24) is 15.1 Å². The maximum atomic E-state index is 5.30. The van der Waals surface area contributed by atoms with Crippen molar-refractivity contribution in [2.75, 3.05) is 47.0 Å². The second-order valence-electron chi connectivity index (χ2n) is 5.33. The van der Waals surface area contributed by atoms with Gasteiger partial charge in [-0.2, -0.15) is 0 Å². The van der Waals surface area contributed by atoms with Gasteiger partial charge < -0.3 is 10.1 Å². The van der Waals surface area contributed by atoms with E-state index in [9.17, 15) is 0 Å². The minimum Gasteiger partial charge on any atom is -0.496 e. The van der Waals surface area contributed by atoms with Crippen LogP contribution in [-0.2, 0) is 6.54 Å². The number of piperazine rings is 1. The second-order valence-corrected chi connectivity index (χ2v) is 5.33. The first-order valence-electron chi connectivity index (χ1n) is 6.94.